The van der Waals surface area contributed by atoms with E-state index in [0.717, 1.165) is 17.3 Å². The van der Waals surface area contributed by atoms with Gasteiger partial charge in [0.2, 0.25) is 10.1 Å². The van der Waals surface area contributed by atoms with Crippen molar-refractivity contribution in [3.63, 3.8) is 0 Å². The van der Waals surface area contributed by atoms with Crippen molar-refractivity contribution in [2.75, 3.05) is 30.5 Å². The molecule has 0 atom stereocenters. The Morgan fingerprint density at radius 2 is 2.03 bits per heavy atom. The monoisotopic (exact) mass is 459 g/mol. The molecular weight excluding hydrogens is 439 g/mol. The third kappa shape index (κ3) is 3.96. The van der Waals surface area contributed by atoms with E-state index in [1.165, 1.54) is 17.4 Å². The number of fused-ring (bicyclic) bond motifs is 1. The minimum atomic E-state index is -4.48. The molecule has 3 heterocycles. The van der Waals surface area contributed by atoms with Crippen LogP contribution in [0.1, 0.15) is 18.4 Å². The first-order valence-corrected chi connectivity index (χ1v) is 10.7. The highest BCUT2D eigenvalue weighted by Gasteiger charge is 2.33. The van der Waals surface area contributed by atoms with Gasteiger partial charge in [0.25, 0.3) is 0 Å². The number of imidazole rings is 1. The molecule has 2 aromatic heterocycles. The number of benzene rings is 1. The maximum absolute atomic E-state index is 13.1. The molecule has 162 valence electrons. The number of thiol groups is 1. The number of anilines is 1. The summed E-state index contributed by atoms with van der Waals surface area (Å²) in [6.07, 6.45) is -1.85. The summed E-state index contributed by atoms with van der Waals surface area (Å²) in [5.41, 5.74) is 4.96. The van der Waals surface area contributed by atoms with Gasteiger partial charge in [-0.05, 0) is 31.0 Å². The van der Waals surface area contributed by atoms with Crippen LogP contribution in [0.3, 0.4) is 0 Å². The molecule has 1 aliphatic heterocycles. The average molecular weight is 460 g/mol. The van der Waals surface area contributed by atoms with E-state index in [9.17, 15) is 18.3 Å². The zero-order valence-corrected chi connectivity index (χ0v) is 17.5. The zero-order valence-electron chi connectivity index (χ0n) is 15.8. The van der Waals surface area contributed by atoms with Crippen LogP contribution in [0.15, 0.2) is 24.4 Å². The smallest absolute Gasteiger partial charge is 0.416 e. The van der Waals surface area contributed by atoms with E-state index >= 15 is 0 Å². The van der Waals surface area contributed by atoms with Gasteiger partial charge in [0.05, 0.1) is 23.1 Å². The van der Waals surface area contributed by atoms with Crippen molar-refractivity contribution in [3.05, 3.63) is 30.0 Å². The first kappa shape index (κ1) is 21.2. The summed E-state index contributed by atoms with van der Waals surface area (Å²) in [7, 11) is 0. The number of halogens is 3. The highest BCUT2D eigenvalue weighted by Crippen LogP contribution is 2.38. The minimum Gasteiger partial charge on any atom is -0.483 e. The Hall–Kier alpha value is -2.02. The van der Waals surface area contributed by atoms with Crippen molar-refractivity contribution in [3.8, 4) is 17.0 Å². The SMILES string of the molecule is NCC1(O)CCN(c2nn3c(-c4ccc(C(F)(F)F)cc4OCS)cnc3s2)CC1. The number of alkyl halides is 3. The van der Waals surface area contributed by atoms with Crippen molar-refractivity contribution in [1.29, 1.82) is 0 Å². The highest BCUT2D eigenvalue weighted by atomic mass is 32.1. The molecule has 0 unspecified atom stereocenters. The van der Waals surface area contributed by atoms with Crippen molar-refractivity contribution in [2.24, 2.45) is 5.73 Å². The van der Waals surface area contributed by atoms with Gasteiger partial charge in [-0.15, -0.1) is 17.7 Å². The summed E-state index contributed by atoms with van der Waals surface area (Å²) < 4.78 is 46.2. The molecule has 1 aliphatic rings. The number of nitrogens with two attached hydrogens (primary N) is 1. The lowest BCUT2D eigenvalue weighted by molar-refractivity contribution is -0.137. The summed E-state index contributed by atoms with van der Waals surface area (Å²) in [5, 5.41) is 15.6. The van der Waals surface area contributed by atoms with Gasteiger partial charge in [-0.3, -0.25) is 0 Å². The fourth-order valence-electron chi connectivity index (χ4n) is 3.41. The molecule has 1 fully saturated rings. The van der Waals surface area contributed by atoms with Gasteiger partial charge in [0, 0.05) is 25.2 Å². The highest BCUT2D eigenvalue weighted by molar-refractivity contribution is 7.80. The molecule has 3 aromatic rings. The Labute approximate surface area is 179 Å². The van der Waals surface area contributed by atoms with Crippen LogP contribution in [0, 0.1) is 0 Å². The number of rotatable bonds is 5. The Balaban J connectivity index is 1.68. The van der Waals surface area contributed by atoms with Gasteiger partial charge in [0.15, 0.2) is 0 Å². The van der Waals surface area contributed by atoms with E-state index in [-0.39, 0.29) is 18.2 Å². The molecule has 0 radical (unpaired) electrons. The van der Waals surface area contributed by atoms with Crippen molar-refractivity contribution < 1.29 is 23.0 Å². The predicted octanol–water partition coefficient (Wildman–Crippen LogP) is 3.03. The summed E-state index contributed by atoms with van der Waals surface area (Å²) in [6.45, 7) is 1.43. The van der Waals surface area contributed by atoms with Gasteiger partial charge in [-0.25, -0.2) is 9.50 Å². The quantitative estimate of drug-likeness (QED) is 0.402. The number of piperidine rings is 1. The van der Waals surface area contributed by atoms with Crippen LogP contribution in [-0.2, 0) is 6.18 Å². The lowest BCUT2D eigenvalue weighted by Gasteiger charge is -2.37. The Kier molecular flexibility index (Phi) is 5.60. The number of nitrogens with zero attached hydrogens (tertiary/aromatic N) is 4. The summed E-state index contributed by atoms with van der Waals surface area (Å²) in [6, 6.07) is 3.31. The molecule has 3 N–H and O–H groups in total. The Bertz CT molecular complexity index is 1040. The average Bonchev–Trinajstić information content (AvgIpc) is 3.29. The van der Waals surface area contributed by atoms with Gasteiger partial charge < -0.3 is 20.5 Å². The van der Waals surface area contributed by atoms with Gasteiger partial charge in [-0.1, -0.05) is 11.3 Å². The maximum Gasteiger partial charge on any atom is 0.416 e. The van der Waals surface area contributed by atoms with E-state index in [1.807, 2.05) is 4.90 Å². The number of aromatic nitrogens is 3. The van der Waals surface area contributed by atoms with E-state index < -0.39 is 17.3 Å². The second-order valence-electron chi connectivity index (χ2n) is 7.12. The standard InChI is InChI=1S/C18H20F3N5O2S2/c19-18(20,21)11-1-2-12(14(7-11)28-10-29)13-8-23-15-26(13)24-16(30-15)25-5-3-17(27,9-22)4-6-25/h1-2,7-8,27,29H,3-6,9-10,22H2. The maximum atomic E-state index is 13.1. The van der Waals surface area contributed by atoms with Crippen LogP contribution in [0.2, 0.25) is 0 Å². The van der Waals surface area contributed by atoms with Crippen LogP contribution < -0.4 is 15.4 Å². The molecule has 7 nitrogen and oxygen atoms in total. The second kappa shape index (κ2) is 7.91. The zero-order chi connectivity index (χ0) is 21.5. The first-order valence-electron chi connectivity index (χ1n) is 9.21. The molecule has 1 saturated heterocycles. The Morgan fingerprint density at radius 1 is 1.30 bits per heavy atom. The first-order chi connectivity index (χ1) is 14.2. The number of hydrogen-bond donors (Lipinski definition) is 3. The summed E-state index contributed by atoms with van der Waals surface area (Å²) in [5.74, 6) is -0.0155. The molecule has 0 saturated carbocycles. The molecule has 0 aliphatic carbocycles. The number of ether oxygens (including phenoxy) is 1. The fraction of sp³-hybridized carbons (Fsp3) is 0.444. The van der Waals surface area contributed by atoms with Crippen LogP contribution >= 0.6 is 24.0 Å². The van der Waals surface area contributed by atoms with Crippen LogP contribution in [0.25, 0.3) is 16.2 Å². The molecule has 0 amide bonds. The molecule has 12 heteroatoms. The van der Waals surface area contributed by atoms with Crippen molar-refractivity contribution >= 4 is 34.1 Å². The lowest BCUT2D eigenvalue weighted by atomic mass is 9.92. The number of aliphatic hydroxyl groups is 1. The lowest BCUT2D eigenvalue weighted by Crippen LogP contribution is -2.48. The second-order valence-corrected chi connectivity index (χ2v) is 8.31. The molecule has 0 spiro atoms. The summed E-state index contributed by atoms with van der Waals surface area (Å²) in [4.78, 5) is 7.01. The van der Waals surface area contributed by atoms with Gasteiger partial charge >= 0.3 is 6.18 Å². The number of hydrogen-bond acceptors (Lipinski definition) is 8. The van der Waals surface area contributed by atoms with Crippen molar-refractivity contribution in [2.45, 2.75) is 24.6 Å². The van der Waals surface area contributed by atoms with E-state index in [4.69, 9.17) is 10.5 Å². The molecule has 30 heavy (non-hydrogen) atoms. The van der Waals surface area contributed by atoms with E-state index in [2.05, 4.69) is 22.7 Å². The summed E-state index contributed by atoms with van der Waals surface area (Å²) >= 11 is 5.35. The largest absolute Gasteiger partial charge is 0.483 e. The molecule has 0 bridgehead atoms. The van der Waals surface area contributed by atoms with Crippen LogP contribution in [0.4, 0.5) is 18.3 Å². The van der Waals surface area contributed by atoms with Gasteiger partial charge in [-0.2, -0.15) is 13.2 Å². The van der Waals surface area contributed by atoms with Crippen molar-refractivity contribution in [1.82, 2.24) is 14.6 Å². The fourth-order valence-corrected chi connectivity index (χ4v) is 4.48. The third-order valence-corrected chi connectivity index (χ3v) is 6.34. The van der Waals surface area contributed by atoms with Crippen LogP contribution in [-0.4, -0.2) is 50.9 Å². The third-order valence-electron chi connectivity index (χ3n) is 5.22. The topological polar surface area (TPSA) is 88.9 Å². The minimum absolute atomic E-state index is 0.0576. The van der Waals surface area contributed by atoms with Gasteiger partial charge in [0.1, 0.15) is 11.7 Å². The molecule has 4 rings (SSSR count). The molecule has 1 aromatic carbocycles. The normalized spacial score (nSPS) is 16.9. The molecular formula is C18H20F3N5O2S2. The van der Waals surface area contributed by atoms with Crippen LogP contribution in [0.5, 0.6) is 5.75 Å². The van der Waals surface area contributed by atoms with E-state index in [1.54, 1.807) is 10.7 Å². The van der Waals surface area contributed by atoms with E-state index in [0.29, 0.717) is 42.1 Å². The Morgan fingerprint density at radius 3 is 2.67 bits per heavy atom. The predicted molar refractivity (Wildman–Crippen MR) is 111 cm³/mol.